The molecule has 29 heavy (non-hydrogen) atoms. The van der Waals surface area contributed by atoms with Crippen molar-refractivity contribution in [1.29, 1.82) is 0 Å². The van der Waals surface area contributed by atoms with Crippen LogP contribution < -0.4 is 10.2 Å². The van der Waals surface area contributed by atoms with Gasteiger partial charge in [0.25, 0.3) is 0 Å². The third-order valence-electron chi connectivity index (χ3n) is 5.45. The van der Waals surface area contributed by atoms with Crippen LogP contribution in [0.1, 0.15) is 12.8 Å². The zero-order chi connectivity index (χ0) is 19.5. The lowest BCUT2D eigenvalue weighted by Crippen LogP contribution is -2.45. The van der Waals surface area contributed by atoms with E-state index in [1.807, 2.05) is 54.6 Å². The molecule has 2 aliphatic heterocycles. The molecule has 0 atom stereocenters. The van der Waals surface area contributed by atoms with Crippen LogP contribution in [0.4, 0.5) is 17.5 Å². The van der Waals surface area contributed by atoms with Gasteiger partial charge in [0.05, 0.1) is 18.9 Å². The standard InChI is InChI=1S/C23H24N4O2/c1-3-7-18(8-4-1)20-17-21(24-19-9-5-2-6-10-19)26-22(25-20)27-13-11-23(12-14-27)28-15-16-29-23/h1-10,17H,11-16H2,(H,24,25,26). The maximum absolute atomic E-state index is 5.86. The number of nitrogens with one attached hydrogen (secondary N) is 1. The number of hydrogen-bond donors (Lipinski definition) is 1. The van der Waals surface area contributed by atoms with Gasteiger partial charge in [-0.25, -0.2) is 4.98 Å². The van der Waals surface area contributed by atoms with Crippen molar-refractivity contribution in [2.45, 2.75) is 18.6 Å². The first-order chi connectivity index (χ1) is 14.3. The lowest BCUT2D eigenvalue weighted by atomic mass is 10.0. The van der Waals surface area contributed by atoms with Crippen LogP contribution in [0.25, 0.3) is 11.3 Å². The number of anilines is 3. The summed E-state index contributed by atoms with van der Waals surface area (Å²) in [6.07, 6.45) is 1.65. The van der Waals surface area contributed by atoms with Crippen LogP contribution in [0.3, 0.4) is 0 Å². The van der Waals surface area contributed by atoms with Gasteiger partial charge in [-0.2, -0.15) is 4.98 Å². The zero-order valence-electron chi connectivity index (χ0n) is 16.3. The average molecular weight is 388 g/mol. The second-order valence-electron chi connectivity index (χ2n) is 7.39. The normalized spacial score (nSPS) is 18.1. The summed E-state index contributed by atoms with van der Waals surface area (Å²) in [5.41, 5.74) is 2.98. The van der Waals surface area contributed by atoms with Crippen molar-refractivity contribution < 1.29 is 9.47 Å². The lowest BCUT2D eigenvalue weighted by Gasteiger charge is -2.37. The summed E-state index contributed by atoms with van der Waals surface area (Å²) in [7, 11) is 0. The lowest BCUT2D eigenvalue weighted by molar-refractivity contribution is -0.169. The Bertz CT molecular complexity index is 949. The molecule has 2 aromatic carbocycles. The molecule has 6 nitrogen and oxygen atoms in total. The van der Waals surface area contributed by atoms with Crippen LogP contribution in [0.15, 0.2) is 66.7 Å². The largest absolute Gasteiger partial charge is 0.347 e. The minimum absolute atomic E-state index is 0.404. The van der Waals surface area contributed by atoms with Gasteiger partial charge in [-0.05, 0) is 12.1 Å². The fourth-order valence-electron chi connectivity index (χ4n) is 3.90. The third kappa shape index (κ3) is 3.95. The molecule has 3 heterocycles. The Balaban J connectivity index is 1.45. The van der Waals surface area contributed by atoms with Crippen LogP contribution >= 0.6 is 0 Å². The van der Waals surface area contributed by atoms with Crippen molar-refractivity contribution in [3.8, 4) is 11.3 Å². The minimum Gasteiger partial charge on any atom is -0.347 e. The van der Waals surface area contributed by atoms with E-state index in [2.05, 4.69) is 22.3 Å². The Morgan fingerprint density at radius 1 is 0.828 bits per heavy atom. The van der Waals surface area contributed by atoms with E-state index in [0.29, 0.717) is 13.2 Å². The first-order valence-corrected chi connectivity index (χ1v) is 10.1. The second-order valence-corrected chi connectivity index (χ2v) is 7.39. The fourth-order valence-corrected chi connectivity index (χ4v) is 3.90. The summed E-state index contributed by atoms with van der Waals surface area (Å²) < 4.78 is 11.7. The number of aromatic nitrogens is 2. The summed E-state index contributed by atoms with van der Waals surface area (Å²) >= 11 is 0. The SMILES string of the molecule is c1ccc(Nc2cc(-c3ccccc3)nc(N3CCC4(CC3)OCCO4)n2)cc1. The number of rotatable bonds is 4. The molecule has 2 fully saturated rings. The molecule has 2 saturated heterocycles. The van der Waals surface area contributed by atoms with Gasteiger partial charge in [-0.3, -0.25) is 0 Å². The van der Waals surface area contributed by atoms with E-state index < -0.39 is 5.79 Å². The van der Waals surface area contributed by atoms with Gasteiger partial charge in [0, 0.05) is 43.2 Å². The third-order valence-corrected chi connectivity index (χ3v) is 5.45. The van der Waals surface area contributed by atoms with Gasteiger partial charge in [0.1, 0.15) is 5.82 Å². The summed E-state index contributed by atoms with van der Waals surface area (Å²) in [5.74, 6) is 1.12. The number of benzene rings is 2. The molecule has 1 N–H and O–H groups in total. The summed E-state index contributed by atoms with van der Waals surface area (Å²) in [4.78, 5) is 11.9. The molecular weight excluding hydrogens is 364 g/mol. The maximum Gasteiger partial charge on any atom is 0.227 e. The van der Waals surface area contributed by atoms with Crippen LogP contribution in [0.5, 0.6) is 0 Å². The molecule has 148 valence electrons. The predicted octanol–water partition coefficient (Wildman–Crippen LogP) is 4.23. The molecule has 0 unspecified atom stereocenters. The highest BCUT2D eigenvalue weighted by Gasteiger charge is 2.40. The van der Waals surface area contributed by atoms with Gasteiger partial charge in [0.15, 0.2) is 5.79 Å². The van der Waals surface area contributed by atoms with E-state index in [-0.39, 0.29) is 0 Å². The molecular formula is C23H24N4O2. The second kappa shape index (κ2) is 7.81. The fraction of sp³-hybridized carbons (Fsp3) is 0.304. The van der Waals surface area contributed by atoms with Gasteiger partial charge in [0.2, 0.25) is 5.95 Å². The quantitative estimate of drug-likeness (QED) is 0.722. The molecule has 0 bridgehead atoms. The Morgan fingerprint density at radius 2 is 1.48 bits per heavy atom. The highest BCUT2D eigenvalue weighted by Crippen LogP contribution is 2.33. The van der Waals surface area contributed by atoms with Gasteiger partial charge in [-0.1, -0.05) is 48.5 Å². The molecule has 0 saturated carbocycles. The Hall–Kier alpha value is -2.96. The first-order valence-electron chi connectivity index (χ1n) is 10.1. The highest BCUT2D eigenvalue weighted by atomic mass is 16.7. The molecule has 6 heteroatoms. The maximum atomic E-state index is 5.86. The Labute approximate surface area is 170 Å². The van der Waals surface area contributed by atoms with E-state index in [1.54, 1.807) is 0 Å². The van der Waals surface area contributed by atoms with Gasteiger partial charge in [-0.15, -0.1) is 0 Å². The van der Waals surface area contributed by atoms with Crippen molar-refractivity contribution in [3.05, 3.63) is 66.7 Å². The van der Waals surface area contributed by atoms with Crippen LogP contribution in [0.2, 0.25) is 0 Å². The number of hydrogen-bond acceptors (Lipinski definition) is 6. The topological polar surface area (TPSA) is 59.5 Å². The number of nitrogens with zero attached hydrogens (tertiary/aromatic N) is 3. The average Bonchev–Trinajstić information content (AvgIpc) is 3.23. The van der Waals surface area contributed by atoms with Crippen LogP contribution in [-0.4, -0.2) is 42.1 Å². The van der Waals surface area contributed by atoms with Crippen LogP contribution in [0, 0.1) is 0 Å². The zero-order valence-corrected chi connectivity index (χ0v) is 16.3. The van der Waals surface area contributed by atoms with E-state index in [1.165, 1.54) is 0 Å². The minimum atomic E-state index is -0.404. The smallest absolute Gasteiger partial charge is 0.227 e. The molecule has 3 aromatic rings. The molecule has 1 aromatic heterocycles. The monoisotopic (exact) mass is 388 g/mol. The predicted molar refractivity (Wildman–Crippen MR) is 113 cm³/mol. The van der Waals surface area contributed by atoms with Crippen molar-refractivity contribution in [1.82, 2.24) is 9.97 Å². The van der Waals surface area contributed by atoms with E-state index >= 15 is 0 Å². The molecule has 1 spiro atoms. The van der Waals surface area contributed by atoms with Crippen molar-refractivity contribution in [3.63, 3.8) is 0 Å². The van der Waals surface area contributed by atoms with Gasteiger partial charge < -0.3 is 19.7 Å². The van der Waals surface area contributed by atoms with Crippen LogP contribution in [-0.2, 0) is 9.47 Å². The summed E-state index contributed by atoms with van der Waals surface area (Å²) in [6.45, 7) is 2.99. The molecule has 0 aliphatic carbocycles. The Kier molecular flexibility index (Phi) is 4.87. The molecule has 0 amide bonds. The molecule has 2 aliphatic rings. The molecule has 5 rings (SSSR count). The van der Waals surface area contributed by atoms with E-state index in [9.17, 15) is 0 Å². The highest BCUT2D eigenvalue weighted by molar-refractivity contribution is 5.67. The summed E-state index contributed by atoms with van der Waals surface area (Å²) in [5, 5.41) is 3.41. The number of ether oxygens (including phenoxy) is 2. The Morgan fingerprint density at radius 3 is 2.17 bits per heavy atom. The van der Waals surface area contributed by atoms with E-state index in [0.717, 1.165) is 54.6 Å². The summed E-state index contributed by atoms with van der Waals surface area (Å²) in [6, 6.07) is 22.3. The van der Waals surface area contributed by atoms with E-state index in [4.69, 9.17) is 19.4 Å². The van der Waals surface area contributed by atoms with Crippen molar-refractivity contribution in [2.75, 3.05) is 36.5 Å². The number of para-hydroxylation sites is 1. The first kappa shape index (κ1) is 18.1. The van der Waals surface area contributed by atoms with Crippen molar-refractivity contribution >= 4 is 17.5 Å². The van der Waals surface area contributed by atoms with Gasteiger partial charge >= 0.3 is 0 Å². The van der Waals surface area contributed by atoms with Crippen molar-refractivity contribution in [2.24, 2.45) is 0 Å². The number of piperidine rings is 1. The molecule has 0 radical (unpaired) electrons.